The molecular formula is C17H34N10O5. The number of carboxylic acid groups (broad SMARTS) is 1. The Morgan fingerprint density at radius 1 is 0.844 bits per heavy atom. The third-order valence-electron chi connectivity index (χ3n) is 4.17. The normalized spacial score (nSPS) is 13.1. The van der Waals surface area contributed by atoms with Crippen LogP contribution < -0.4 is 43.8 Å². The molecule has 0 spiro atoms. The van der Waals surface area contributed by atoms with E-state index in [2.05, 4.69) is 26.6 Å². The Morgan fingerprint density at radius 3 is 1.75 bits per heavy atom. The van der Waals surface area contributed by atoms with Crippen molar-refractivity contribution in [1.82, 2.24) is 26.6 Å². The number of rotatable bonds is 15. The second kappa shape index (κ2) is 15.2. The van der Waals surface area contributed by atoms with Crippen LogP contribution in [-0.2, 0) is 19.2 Å². The smallest absolute Gasteiger partial charge is 0.326 e. The molecular weight excluding hydrogens is 424 g/mol. The van der Waals surface area contributed by atoms with E-state index in [4.69, 9.17) is 28.0 Å². The Hall–Kier alpha value is -3.62. The largest absolute Gasteiger partial charge is 0.480 e. The van der Waals surface area contributed by atoms with Crippen LogP contribution in [-0.4, -0.2) is 78.5 Å². The third kappa shape index (κ3) is 12.8. The van der Waals surface area contributed by atoms with Crippen LogP contribution in [0.25, 0.3) is 0 Å². The van der Waals surface area contributed by atoms with Crippen LogP contribution in [0.15, 0.2) is 0 Å². The number of nitrogens with two attached hydrogens (primary N) is 3. The van der Waals surface area contributed by atoms with Gasteiger partial charge in [-0.15, -0.1) is 0 Å². The molecule has 14 N–H and O–H groups in total. The number of hydrogen-bond donors (Lipinski definition) is 11. The molecule has 0 aromatic heterocycles. The summed E-state index contributed by atoms with van der Waals surface area (Å²) < 4.78 is 0. The Balaban J connectivity index is 5.09. The van der Waals surface area contributed by atoms with Crippen LogP contribution in [0.4, 0.5) is 0 Å². The lowest BCUT2D eigenvalue weighted by Gasteiger charge is -2.23. The highest BCUT2D eigenvalue weighted by Gasteiger charge is 2.27. The van der Waals surface area contributed by atoms with E-state index in [1.165, 1.54) is 6.92 Å². The van der Waals surface area contributed by atoms with Gasteiger partial charge in [-0.3, -0.25) is 25.2 Å². The average molecular weight is 459 g/mol. The average Bonchev–Trinajstić information content (AvgIpc) is 2.71. The van der Waals surface area contributed by atoms with Crippen molar-refractivity contribution in [3.63, 3.8) is 0 Å². The van der Waals surface area contributed by atoms with Crippen LogP contribution in [0.1, 0.15) is 32.6 Å². The summed E-state index contributed by atoms with van der Waals surface area (Å²) in [5.41, 5.74) is 15.6. The fourth-order valence-corrected chi connectivity index (χ4v) is 2.52. The van der Waals surface area contributed by atoms with Gasteiger partial charge in [0.2, 0.25) is 17.7 Å². The number of aliphatic carboxylic acids is 1. The topological polar surface area (TPSA) is 274 Å². The molecule has 0 rings (SSSR count). The molecule has 0 aromatic carbocycles. The van der Waals surface area contributed by atoms with E-state index in [1.54, 1.807) is 0 Å². The summed E-state index contributed by atoms with van der Waals surface area (Å²) in [5, 5.41) is 36.0. The lowest BCUT2D eigenvalue weighted by Crippen LogP contribution is -2.55. The lowest BCUT2D eigenvalue weighted by atomic mass is 10.1. The van der Waals surface area contributed by atoms with Crippen LogP contribution in [0.2, 0.25) is 0 Å². The van der Waals surface area contributed by atoms with Crippen LogP contribution in [0.3, 0.4) is 0 Å². The van der Waals surface area contributed by atoms with Gasteiger partial charge in [-0.05, 0) is 32.6 Å². The first kappa shape index (κ1) is 28.4. The summed E-state index contributed by atoms with van der Waals surface area (Å²) in [4.78, 5) is 48.0. The van der Waals surface area contributed by atoms with Gasteiger partial charge in [0.15, 0.2) is 11.9 Å². The summed E-state index contributed by atoms with van der Waals surface area (Å²) in [6.45, 7) is 1.62. The molecule has 0 saturated heterocycles. The van der Waals surface area contributed by atoms with Crippen molar-refractivity contribution >= 4 is 35.6 Å². The van der Waals surface area contributed by atoms with Crippen molar-refractivity contribution < 1.29 is 24.3 Å². The first-order valence-corrected chi connectivity index (χ1v) is 9.96. The second-order valence-electron chi connectivity index (χ2n) is 6.92. The van der Waals surface area contributed by atoms with E-state index >= 15 is 0 Å². The van der Waals surface area contributed by atoms with E-state index in [9.17, 15) is 24.3 Å². The number of hydrogen-bond acceptors (Lipinski definition) is 7. The number of guanidine groups is 2. The fraction of sp³-hybridized carbons (Fsp3) is 0.647. The zero-order valence-corrected chi connectivity index (χ0v) is 18.0. The van der Waals surface area contributed by atoms with Crippen molar-refractivity contribution in [2.24, 2.45) is 17.2 Å². The van der Waals surface area contributed by atoms with Crippen molar-refractivity contribution in [3.05, 3.63) is 0 Å². The van der Waals surface area contributed by atoms with Crippen molar-refractivity contribution in [2.45, 2.75) is 50.7 Å². The maximum absolute atomic E-state index is 12.7. The van der Waals surface area contributed by atoms with E-state index in [1.807, 2.05) is 0 Å². The first-order valence-electron chi connectivity index (χ1n) is 9.96. The van der Waals surface area contributed by atoms with E-state index in [-0.39, 0.29) is 44.4 Å². The Morgan fingerprint density at radius 2 is 1.31 bits per heavy atom. The van der Waals surface area contributed by atoms with Crippen LogP contribution in [0.5, 0.6) is 0 Å². The van der Waals surface area contributed by atoms with Gasteiger partial charge in [-0.1, -0.05) is 0 Å². The molecule has 0 heterocycles. The summed E-state index contributed by atoms with van der Waals surface area (Å²) in [5.74, 6) is -3.68. The number of nitrogens with one attached hydrogen (secondary N) is 7. The highest BCUT2D eigenvalue weighted by atomic mass is 16.4. The van der Waals surface area contributed by atoms with Crippen molar-refractivity contribution in [3.8, 4) is 0 Å². The molecule has 0 aliphatic rings. The first-order chi connectivity index (χ1) is 15.0. The molecule has 15 heteroatoms. The minimum atomic E-state index is -1.26. The molecule has 0 aliphatic carbocycles. The van der Waals surface area contributed by atoms with Gasteiger partial charge >= 0.3 is 5.97 Å². The van der Waals surface area contributed by atoms with Crippen molar-refractivity contribution in [2.75, 3.05) is 19.6 Å². The standard InChI is InChI=1S/C17H34N10O5/c1-9(25-12(28)8-18)13(29)26-10(4-2-6-23-16(19)20)14(30)27-11(15(31)32)5-3-7-24-17(21)22/h9-11H,2-8,18H2,1H3,(H,25,28)(H,26,29)(H,27,30)(H,31,32)(H4,19,20,23)(H4,21,22,24)/t9-,10-,11-/m0/s1. The Labute approximate surface area is 185 Å². The molecule has 3 atom stereocenters. The Kier molecular flexibility index (Phi) is 13.5. The SMILES string of the molecule is C[C@H](NC(=O)CN)C(=O)N[C@@H](CCCNC(=N)N)C(=O)N[C@@H](CCCNC(=N)N)C(=O)O. The van der Waals surface area contributed by atoms with E-state index < -0.39 is 41.8 Å². The minimum Gasteiger partial charge on any atom is -0.480 e. The van der Waals surface area contributed by atoms with E-state index in [0.29, 0.717) is 12.8 Å². The fourth-order valence-electron chi connectivity index (χ4n) is 2.52. The van der Waals surface area contributed by atoms with Gasteiger partial charge < -0.3 is 48.9 Å². The molecule has 0 saturated carbocycles. The van der Waals surface area contributed by atoms with Gasteiger partial charge in [-0.25, -0.2) is 4.79 Å². The van der Waals surface area contributed by atoms with Gasteiger partial charge in [0.1, 0.15) is 18.1 Å². The monoisotopic (exact) mass is 458 g/mol. The predicted octanol–water partition coefficient (Wildman–Crippen LogP) is -3.97. The summed E-state index contributed by atoms with van der Waals surface area (Å²) in [6, 6.07) is -3.28. The highest BCUT2D eigenvalue weighted by Crippen LogP contribution is 2.03. The summed E-state index contributed by atoms with van der Waals surface area (Å²) in [7, 11) is 0. The number of carbonyl (C=O) groups is 4. The predicted molar refractivity (Wildman–Crippen MR) is 116 cm³/mol. The zero-order valence-electron chi connectivity index (χ0n) is 18.0. The molecule has 0 aliphatic heterocycles. The maximum Gasteiger partial charge on any atom is 0.326 e. The minimum absolute atomic E-state index is 0.0663. The van der Waals surface area contributed by atoms with Crippen LogP contribution in [0, 0.1) is 10.8 Å². The zero-order chi connectivity index (χ0) is 24.7. The third-order valence-corrected chi connectivity index (χ3v) is 4.17. The summed E-state index contributed by atoms with van der Waals surface area (Å²) in [6.07, 6.45) is 0.838. The molecule has 0 aromatic rings. The van der Waals surface area contributed by atoms with Gasteiger partial charge in [0, 0.05) is 13.1 Å². The highest BCUT2D eigenvalue weighted by molar-refractivity contribution is 5.93. The molecule has 182 valence electrons. The molecule has 0 bridgehead atoms. The molecule has 0 radical (unpaired) electrons. The lowest BCUT2D eigenvalue weighted by molar-refractivity contribution is -0.142. The molecule has 3 amide bonds. The number of carboxylic acids is 1. The molecule has 0 fully saturated rings. The van der Waals surface area contributed by atoms with Crippen LogP contribution >= 0.6 is 0 Å². The van der Waals surface area contributed by atoms with Gasteiger partial charge in [0.25, 0.3) is 0 Å². The molecule has 32 heavy (non-hydrogen) atoms. The van der Waals surface area contributed by atoms with E-state index in [0.717, 1.165) is 0 Å². The maximum atomic E-state index is 12.7. The number of amides is 3. The summed E-state index contributed by atoms with van der Waals surface area (Å²) >= 11 is 0. The molecule has 0 unspecified atom stereocenters. The van der Waals surface area contributed by atoms with Gasteiger partial charge in [-0.2, -0.15) is 0 Å². The molecule has 15 nitrogen and oxygen atoms in total. The quantitative estimate of drug-likeness (QED) is 0.0643. The Bertz CT molecular complexity index is 687. The number of carbonyl (C=O) groups excluding carboxylic acids is 3. The van der Waals surface area contributed by atoms with Gasteiger partial charge in [0.05, 0.1) is 6.54 Å². The van der Waals surface area contributed by atoms with Crippen molar-refractivity contribution in [1.29, 1.82) is 10.8 Å². The second-order valence-corrected chi connectivity index (χ2v) is 6.92.